The zero-order chi connectivity index (χ0) is 29.6. The number of benzene rings is 1. The quantitative estimate of drug-likeness (QED) is 0.361. The van der Waals surface area contributed by atoms with E-state index in [0.29, 0.717) is 86.9 Å². The second-order valence-electron chi connectivity index (χ2n) is 9.85. The van der Waals surface area contributed by atoms with Crippen LogP contribution >= 0.6 is 47.5 Å². The molecular weight excluding hydrogens is 655 g/mol. The third kappa shape index (κ3) is 9.01. The maximum Gasteiger partial charge on any atom is 0.409 e. The summed E-state index contributed by atoms with van der Waals surface area (Å²) in [7, 11) is 0. The molecule has 2 fully saturated rings. The van der Waals surface area contributed by atoms with Crippen LogP contribution in [0, 0.1) is 0 Å². The van der Waals surface area contributed by atoms with Gasteiger partial charge in [0.1, 0.15) is 0 Å². The first-order valence-electron chi connectivity index (χ1n) is 13.9. The van der Waals surface area contributed by atoms with E-state index in [4.69, 9.17) is 9.47 Å². The van der Waals surface area contributed by atoms with Gasteiger partial charge in [-0.05, 0) is 26.0 Å². The molecule has 0 atom stereocenters. The van der Waals surface area contributed by atoms with Crippen LogP contribution in [0.4, 0.5) is 19.9 Å². The van der Waals surface area contributed by atoms with E-state index in [0.717, 1.165) is 9.40 Å². The van der Waals surface area contributed by atoms with Crippen molar-refractivity contribution in [2.75, 3.05) is 89.3 Å². The number of halogens is 2. The van der Waals surface area contributed by atoms with E-state index in [1.807, 2.05) is 21.9 Å². The van der Waals surface area contributed by atoms with Crippen molar-refractivity contribution in [1.82, 2.24) is 29.6 Å². The molecule has 2 aromatic heterocycles. The molecule has 3 aromatic rings. The number of nitrogens with zero attached hydrogens (tertiary/aromatic N) is 6. The summed E-state index contributed by atoms with van der Waals surface area (Å²) in [4.78, 5) is 65.5. The van der Waals surface area contributed by atoms with Crippen LogP contribution in [-0.4, -0.2) is 132 Å². The van der Waals surface area contributed by atoms with Gasteiger partial charge in [-0.25, -0.2) is 19.6 Å². The Balaban J connectivity index is 0.00000264. The lowest BCUT2D eigenvalue weighted by molar-refractivity contribution is -0.118. The fraction of sp³-hybridized carbons (Fsp3) is 0.538. The lowest BCUT2D eigenvalue weighted by Gasteiger charge is -2.33. The minimum absolute atomic E-state index is 0. The molecule has 242 valence electrons. The molecule has 0 bridgehead atoms. The topological polar surface area (TPSA) is 150 Å². The first-order valence-corrected chi connectivity index (χ1v) is 15.5. The van der Waals surface area contributed by atoms with Gasteiger partial charge in [-0.2, -0.15) is 0 Å². The number of hydrogen-bond acceptors (Lipinski definition) is 12. The Bertz CT molecular complexity index is 1300. The lowest BCUT2D eigenvalue weighted by atomic mass is 10.3. The van der Waals surface area contributed by atoms with Crippen molar-refractivity contribution in [2.45, 2.75) is 13.8 Å². The SMILES string of the molecule is CCOC(=O)N1CCN(CC(=O)Nc2nc3cc4nc(NC(=O)CN5CCN(C(=O)OCC)CC5)sc4cc3s2)CC1.Cl.Cl. The molecule has 2 N–H and O–H groups in total. The average Bonchev–Trinajstić information content (AvgIpc) is 3.53. The van der Waals surface area contributed by atoms with Gasteiger partial charge in [-0.1, -0.05) is 22.7 Å². The number of hydrogen-bond donors (Lipinski definition) is 2. The van der Waals surface area contributed by atoms with Gasteiger partial charge in [-0.3, -0.25) is 19.4 Å². The second-order valence-corrected chi connectivity index (χ2v) is 11.9. The number of carbonyl (C=O) groups excluding carboxylic acids is 4. The maximum atomic E-state index is 12.7. The standard InChI is InChI=1S/C26H34N8O6S2.2ClH/c1-3-39-25(37)33-9-5-31(6-10-33)15-21(35)29-23-27-17-13-18-20(14-19(17)41-23)42-24(28-18)30-22(36)16-32-7-11-34(12-8-32)26(38)40-4-2;;/h13-14H,3-12,15-16H2,1-2H3,(H,27,29,35)(H,28,30,36);2*1H. The fourth-order valence-corrected chi connectivity index (χ4v) is 6.67. The first kappa shape index (κ1) is 35.5. The van der Waals surface area contributed by atoms with Gasteiger partial charge in [-0.15, -0.1) is 24.8 Å². The minimum Gasteiger partial charge on any atom is -0.450 e. The summed E-state index contributed by atoms with van der Waals surface area (Å²) in [6.07, 6.45) is -0.634. The Hall–Kier alpha value is -3.02. The zero-order valence-corrected chi connectivity index (χ0v) is 27.7. The minimum atomic E-state index is -0.317. The molecule has 0 spiro atoms. The molecule has 2 aliphatic rings. The monoisotopic (exact) mass is 690 g/mol. The molecule has 0 radical (unpaired) electrons. The number of piperazine rings is 2. The van der Waals surface area contributed by atoms with Crippen molar-refractivity contribution < 1.29 is 28.7 Å². The van der Waals surface area contributed by atoms with Gasteiger partial charge in [0.05, 0.1) is 46.7 Å². The van der Waals surface area contributed by atoms with Crippen LogP contribution < -0.4 is 10.6 Å². The zero-order valence-electron chi connectivity index (χ0n) is 24.4. The number of amides is 4. The Morgan fingerprint density at radius 3 is 1.43 bits per heavy atom. The Kier molecular flexibility index (Phi) is 13.2. The summed E-state index contributed by atoms with van der Waals surface area (Å²) in [5.41, 5.74) is 1.43. The van der Waals surface area contributed by atoms with Crippen LogP contribution in [0.1, 0.15) is 13.8 Å². The molecule has 44 heavy (non-hydrogen) atoms. The molecule has 0 saturated carbocycles. The summed E-state index contributed by atoms with van der Waals surface area (Å²) in [6.45, 7) is 9.14. The van der Waals surface area contributed by atoms with Crippen molar-refractivity contribution in [3.63, 3.8) is 0 Å². The number of nitrogens with one attached hydrogen (secondary N) is 2. The van der Waals surface area contributed by atoms with E-state index in [-0.39, 0.29) is 61.9 Å². The summed E-state index contributed by atoms with van der Waals surface area (Å²) in [5, 5.41) is 6.79. The summed E-state index contributed by atoms with van der Waals surface area (Å²) in [5.74, 6) is -0.322. The number of anilines is 2. The largest absolute Gasteiger partial charge is 0.450 e. The lowest BCUT2D eigenvalue weighted by Crippen LogP contribution is -2.50. The van der Waals surface area contributed by atoms with Crippen LogP contribution in [0.2, 0.25) is 0 Å². The fourth-order valence-electron chi connectivity index (χ4n) is 4.79. The van der Waals surface area contributed by atoms with Crippen LogP contribution in [0.3, 0.4) is 0 Å². The number of rotatable bonds is 8. The van der Waals surface area contributed by atoms with E-state index in [9.17, 15) is 19.2 Å². The predicted octanol–water partition coefficient (Wildman–Crippen LogP) is 3.17. The molecule has 0 unspecified atom stereocenters. The van der Waals surface area contributed by atoms with Gasteiger partial charge in [0.2, 0.25) is 11.8 Å². The Morgan fingerprint density at radius 1 is 0.682 bits per heavy atom. The second kappa shape index (κ2) is 16.3. The maximum absolute atomic E-state index is 12.7. The summed E-state index contributed by atoms with van der Waals surface area (Å²) >= 11 is 2.76. The summed E-state index contributed by atoms with van der Waals surface area (Å²) < 4.78 is 11.9. The highest BCUT2D eigenvalue weighted by molar-refractivity contribution is 7.24. The van der Waals surface area contributed by atoms with Crippen LogP contribution in [0.5, 0.6) is 0 Å². The van der Waals surface area contributed by atoms with Crippen LogP contribution in [-0.2, 0) is 19.1 Å². The average molecular weight is 692 g/mol. The van der Waals surface area contributed by atoms with Crippen molar-refractivity contribution in [2.24, 2.45) is 0 Å². The normalized spacial score (nSPS) is 15.8. The highest BCUT2D eigenvalue weighted by Gasteiger charge is 2.25. The van der Waals surface area contributed by atoms with Crippen molar-refractivity contribution >= 4 is 102 Å². The third-order valence-electron chi connectivity index (χ3n) is 6.92. The Labute approximate surface area is 274 Å². The number of thiazole rings is 2. The molecule has 2 saturated heterocycles. The number of carbonyl (C=O) groups is 4. The third-order valence-corrected chi connectivity index (χ3v) is 8.79. The number of fused-ring (bicyclic) bond motifs is 2. The van der Waals surface area contributed by atoms with Gasteiger partial charge in [0.25, 0.3) is 0 Å². The van der Waals surface area contributed by atoms with Crippen LogP contribution in [0.25, 0.3) is 20.4 Å². The van der Waals surface area contributed by atoms with Gasteiger partial charge >= 0.3 is 12.2 Å². The molecule has 0 aliphatic carbocycles. The highest BCUT2D eigenvalue weighted by atomic mass is 35.5. The van der Waals surface area contributed by atoms with E-state index in [1.165, 1.54) is 22.7 Å². The summed E-state index contributed by atoms with van der Waals surface area (Å²) in [6, 6.07) is 3.82. The molecule has 14 nitrogen and oxygen atoms in total. The van der Waals surface area contributed by atoms with E-state index < -0.39 is 0 Å². The molecular formula is C26H36Cl2N8O6S2. The van der Waals surface area contributed by atoms with Gasteiger partial charge < -0.3 is 29.9 Å². The van der Waals surface area contributed by atoms with E-state index in [1.54, 1.807) is 23.6 Å². The highest BCUT2D eigenvalue weighted by Crippen LogP contribution is 2.34. The number of ether oxygens (including phenoxy) is 2. The Morgan fingerprint density at radius 2 is 1.07 bits per heavy atom. The number of aromatic nitrogens is 2. The van der Waals surface area contributed by atoms with Crippen molar-refractivity contribution in [3.8, 4) is 0 Å². The van der Waals surface area contributed by atoms with Crippen molar-refractivity contribution in [3.05, 3.63) is 12.1 Å². The van der Waals surface area contributed by atoms with Gasteiger partial charge in [0.15, 0.2) is 10.3 Å². The smallest absolute Gasteiger partial charge is 0.409 e. The van der Waals surface area contributed by atoms with E-state index in [2.05, 4.69) is 20.6 Å². The van der Waals surface area contributed by atoms with E-state index >= 15 is 0 Å². The predicted molar refractivity (Wildman–Crippen MR) is 175 cm³/mol. The van der Waals surface area contributed by atoms with Gasteiger partial charge in [0, 0.05) is 52.4 Å². The van der Waals surface area contributed by atoms with Crippen molar-refractivity contribution in [1.29, 1.82) is 0 Å². The first-order chi connectivity index (χ1) is 20.3. The molecule has 5 rings (SSSR count). The molecule has 4 amide bonds. The van der Waals surface area contributed by atoms with Crippen LogP contribution in [0.15, 0.2) is 12.1 Å². The molecule has 1 aromatic carbocycles. The molecule has 4 heterocycles. The molecule has 18 heteroatoms. The molecule has 2 aliphatic heterocycles.